The zero-order valence-electron chi connectivity index (χ0n) is 21.4. The van der Waals surface area contributed by atoms with E-state index in [1.165, 1.54) is 81.4 Å². The maximum Gasteiger partial charge on any atom is 0.143 e. The van der Waals surface area contributed by atoms with Crippen LogP contribution < -0.4 is 10.1 Å². The van der Waals surface area contributed by atoms with Gasteiger partial charge >= 0.3 is 0 Å². The van der Waals surface area contributed by atoms with Gasteiger partial charge in [0, 0.05) is 26.2 Å². The van der Waals surface area contributed by atoms with Crippen LogP contribution in [0.15, 0.2) is 42.5 Å². The first-order valence-electron chi connectivity index (χ1n) is 13.4. The molecule has 2 saturated heterocycles. The molecule has 2 aliphatic heterocycles. The molecule has 0 atom stereocenters. The van der Waals surface area contributed by atoms with E-state index in [0.717, 1.165) is 44.2 Å². The van der Waals surface area contributed by atoms with E-state index in [4.69, 9.17) is 4.74 Å². The predicted molar refractivity (Wildman–Crippen MR) is 144 cm³/mol. The second kappa shape index (κ2) is 13.1. The Morgan fingerprint density at radius 1 is 0.824 bits per heavy atom. The van der Waals surface area contributed by atoms with E-state index >= 15 is 0 Å². The van der Waals surface area contributed by atoms with Crippen LogP contribution in [0, 0.1) is 0 Å². The van der Waals surface area contributed by atoms with Gasteiger partial charge in [-0.3, -0.25) is 4.90 Å². The molecular formula is C29H44N4O. The van der Waals surface area contributed by atoms with Gasteiger partial charge in [-0.15, -0.1) is 0 Å². The first kappa shape index (κ1) is 25.0. The van der Waals surface area contributed by atoms with E-state index in [-0.39, 0.29) is 0 Å². The summed E-state index contributed by atoms with van der Waals surface area (Å²) in [6.07, 6.45) is 8.08. The lowest BCUT2D eigenvalue weighted by atomic mass is 9.98. The van der Waals surface area contributed by atoms with Gasteiger partial charge in [-0.05, 0) is 94.8 Å². The van der Waals surface area contributed by atoms with Crippen molar-refractivity contribution in [2.24, 2.45) is 0 Å². The van der Waals surface area contributed by atoms with Gasteiger partial charge < -0.3 is 19.9 Å². The van der Waals surface area contributed by atoms with E-state index in [9.17, 15) is 0 Å². The number of rotatable bonds is 11. The van der Waals surface area contributed by atoms with Crippen molar-refractivity contribution in [3.8, 4) is 16.9 Å². The summed E-state index contributed by atoms with van der Waals surface area (Å²) < 4.78 is 6.44. The Bertz CT molecular complexity index is 872. The third kappa shape index (κ3) is 7.46. The average Bonchev–Trinajstić information content (AvgIpc) is 2.86. The van der Waals surface area contributed by atoms with Crippen LogP contribution in [0.2, 0.25) is 0 Å². The van der Waals surface area contributed by atoms with Gasteiger partial charge in [0.1, 0.15) is 12.4 Å². The van der Waals surface area contributed by atoms with Gasteiger partial charge in [-0.2, -0.15) is 0 Å². The monoisotopic (exact) mass is 464 g/mol. The summed E-state index contributed by atoms with van der Waals surface area (Å²) >= 11 is 0. The third-order valence-corrected chi connectivity index (χ3v) is 7.10. The van der Waals surface area contributed by atoms with Crippen molar-refractivity contribution in [3.63, 3.8) is 0 Å². The van der Waals surface area contributed by atoms with Crippen molar-refractivity contribution in [2.45, 2.75) is 45.1 Å². The highest BCUT2D eigenvalue weighted by Crippen LogP contribution is 2.33. The van der Waals surface area contributed by atoms with Crippen LogP contribution in [0.5, 0.6) is 5.75 Å². The summed E-state index contributed by atoms with van der Waals surface area (Å²) in [5.41, 5.74) is 4.98. The number of hydrogen-bond donors (Lipinski definition) is 1. The first-order chi connectivity index (χ1) is 16.7. The molecule has 2 heterocycles. The molecule has 2 aromatic rings. The number of piperidine rings is 2. The lowest BCUT2D eigenvalue weighted by Crippen LogP contribution is -2.34. The van der Waals surface area contributed by atoms with Gasteiger partial charge in [0.15, 0.2) is 0 Å². The standard InChI is InChI=1S/C29H44N4O/c1-31(2)24-26-11-5-6-12-27(26)25-13-14-28(30-15-20-32-16-7-3-8-17-32)29(23-25)34-22-21-33-18-9-4-10-19-33/h5-6,11-14,23,30H,3-4,7-10,15-22,24H2,1-2H3. The van der Waals surface area contributed by atoms with Crippen molar-refractivity contribution in [3.05, 3.63) is 48.0 Å². The summed E-state index contributed by atoms with van der Waals surface area (Å²) in [4.78, 5) is 7.35. The lowest BCUT2D eigenvalue weighted by molar-refractivity contribution is 0.183. The van der Waals surface area contributed by atoms with E-state index in [1.54, 1.807) is 0 Å². The summed E-state index contributed by atoms with van der Waals surface area (Å²) in [6.45, 7) is 9.63. The Kier molecular flexibility index (Phi) is 9.66. The molecule has 0 aliphatic carbocycles. The zero-order valence-corrected chi connectivity index (χ0v) is 21.4. The Morgan fingerprint density at radius 3 is 2.21 bits per heavy atom. The van der Waals surface area contributed by atoms with Crippen LogP contribution >= 0.6 is 0 Å². The van der Waals surface area contributed by atoms with Crippen molar-refractivity contribution < 1.29 is 4.74 Å². The predicted octanol–water partition coefficient (Wildman–Crippen LogP) is 5.18. The third-order valence-electron chi connectivity index (χ3n) is 7.10. The number of nitrogens with zero attached hydrogens (tertiary/aromatic N) is 3. The molecule has 2 fully saturated rings. The molecule has 34 heavy (non-hydrogen) atoms. The Morgan fingerprint density at radius 2 is 1.50 bits per heavy atom. The molecule has 5 nitrogen and oxygen atoms in total. The van der Waals surface area contributed by atoms with Crippen molar-refractivity contribution in [2.75, 3.05) is 71.8 Å². The highest BCUT2D eigenvalue weighted by atomic mass is 16.5. The average molecular weight is 465 g/mol. The van der Waals surface area contributed by atoms with Crippen LogP contribution in [-0.4, -0.2) is 81.2 Å². The Labute approximate surface area is 207 Å². The molecule has 0 unspecified atom stereocenters. The van der Waals surface area contributed by atoms with Crippen molar-refractivity contribution >= 4 is 5.69 Å². The number of anilines is 1. The van der Waals surface area contributed by atoms with E-state index in [2.05, 4.69) is 76.6 Å². The fraction of sp³-hybridized carbons (Fsp3) is 0.586. The smallest absolute Gasteiger partial charge is 0.143 e. The summed E-state index contributed by atoms with van der Waals surface area (Å²) in [7, 11) is 4.25. The van der Waals surface area contributed by atoms with Crippen molar-refractivity contribution in [1.82, 2.24) is 14.7 Å². The lowest BCUT2D eigenvalue weighted by Gasteiger charge is -2.27. The number of ether oxygens (including phenoxy) is 1. The molecule has 0 bridgehead atoms. The highest BCUT2D eigenvalue weighted by molar-refractivity contribution is 5.73. The number of likely N-dealkylation sites (tertiary alicyclic amines) is 2. The van der Waals surface area contributed by atoms with E-state index in [1.807, 2.05) is 0 Å². The molecule has 5 heteroatoms. The summed E-state index contributed by atoms with van der Waals surface area (Å²) in [6, 6.07) is 15.4. The maximum atomic E-state index is 6.44. The normalized spacial score (nSPS) is 17.7. The second-order valence-corrected chi connectivity index (χ2v) is 10.2. The van der Waals surface area contributed by atoms with Gasteiger partial charge in [0.05, 0.1) is 5.69 Å². The number of hydrogen-bond acceptors (Lipinski definition) is 5. The molecular weight excluding hydrogens is 420 g/mol. The minimum atomic E-state index is 0.740. The minimum absolute atomic E-state index is 0.740. The van der Waals surface area contributed by atoms with Gasteiger partial charge in [-0.25, -0.2) is 0 Å². The largest absolute Gasteiger partial charge is 0.490 e. The van der Waals surface area contributed by atoms with E-state index < -0.39 is 0 Å². The summed E-state index contributed by atoms with van der Waals surface area (Å²) in [5, 5.41) is 3.69. The quantitative estimate of drug-likeness (QED) is 0.495. The fourth-order valence-electron chi connectivity index (χ4n) is 5.24. The molecule has 2 aromatic carbocycles. The number of nitrogens with one attached hydrogen (secondary N) is 1. The molecule has 0 saturated carbocycles. The van der Waals surface area contributed by atoms with Crippen LogP contribution in [0.4, 0.5) is 5.69 Å². The second-order valence-electron chi connectivity index (χ2n) is 10.2. The molecule has 0 aromatic heterocycles. The topological polar surface area (TPSA) is 31.0 Å². The maximum absolute atomic E-state index is 6.44. The molecule has 186 valence electrons. The van der Waals surface area contributed by atoms with E-state index in [0.29, 0.717) is 0 Å². The molecule has 0 radical (unpaired) electrons. The van der Waals surface area contributed by atoms with Crippen LogP contribution in [0.3, 0.4) is 0 Å². The van der Waals surface area contributed by atoms with Gasteiger partial charge in [-0.1, -0.05) is 43.2 Å². The van der Waals surface area contributed by atoms with Gasteiger partial charge in [0.2, 0.25) is 0 Å². The molecule has 0 amide bonds. The van der Waals surface area contributed by atoms with Crippen LogP contribution in [0.25, 0.3) is 11.1 Å². The Balaban J connectivity index is 1.46. The van der Waals surface area contributed by atoms with Gasteiger partial charge in [0.25, 0.3) is 0 Å². The minimum Gasteiger partial charge on any atom is -0.490 e. The number of benzene rings is 2. The molecule has 0 spiro atoms. The first-order valence-corrected chi connectivity index (χ1v) is 13.4. The summed E-state index contributed by atoms with van der Waals surface area (Å²) in [5.74, 6) is 0.979. The zero-order chi connectivity index (χ0) is 23.6. The molecule has 4 rings (SSSR count). The fourth-order valence-corrected chi connectivity index (χ4v) is 5.24. The highest BCUT2D eigenvalue weighted by Gasteiger charge is 2.14. The SMILES string of the molecule is CN(C)Cc1ccccc1-c1ccc(NCCN2CCCCC2)c(OCCN2CCCCC2)c1. The van der Waals surface area contributed by atoms with Crippen LogP contribution in [0.1, 0.15) is 44.1 Å². The van der Waals surface area contributed by atoms with Crippen molar-refractivity contribution in [1.29, 1.82) is 0 Å². The molecule has 2 aliphatic rings. The molecule has 1 N–H and O–H groups in total. The Hall–Kier alpha value is -2.08. The van der Waals surface area contributed by atoms with Crippen LogP contribution in [-0.2, 0) is 6.54 Å².